The number of nitrogens with zero attached hydrogens (tertiary/aromatic N) is 1. The van der Waals surface area contributed by atoms with Crippen LogP contribution in [-0.2, 0) is 16.0 Å². The molecule has 0 aliphatic heterocycles. The molecule has 0 aliphatic rings. The second-order valence-electron chi connectivity index (χ2n) is 3.39. The fraction of sp³-hybridized carbons (Fsp3) is 0.600. The zero-order chi connectivity index (χ0) is 11.8. The Morgan fingerprint density at radius 2 is 2.44 bits per heavy atom. The predicted molar refractivity (Wildman–Crippen MR) is 62.9 cm³/mol. The molecular formula is C10H17N3O2S. The van der Waals surface area contributed by atoms with Crippen molar-refractivity contribution in [3.05, 3.63) is 16.1 Å². The molecule has 0 bridgehead atoms. The summed E-state index contributed by atoms with van der Waals surface area (Å²) in [5.74, 6) is 4.80. The average Bonchev–Trinajstić information content (AvgIpc) is 2.69. The number of amides is 1. The molecule has 6 heteroatoms. The average molecular weight is 243 g/mol. The molecule has 90 valence electrons. The fourth-order valence-corrected chi connectivity index (χ4v) is 2.00. The molecule has 0 radical (unpaired) electrons. The number of hydrogen-bond acceptors (Lipinski definition) is 5. The topological polar surface area (TPSA) is 77.2 Å². The number of thiazole rings is 1. The van der Waals surface area contributed by atoms with E-state index >= 15 is 0 Å². The van der Waals surface area contributed by atoms with Crippen LogP contribution in [0.5, 0.6) is 0 Å². The fourth-order valence-electron chi connectivity index (χ4n) is 1.24. The highest BCUT2D eigenvalue weighted by atomic mass is 32.1. The van der Waals surface area contributed by atoms with Crippen LogP contribution in [0.15, 0.2) is 5.51 Å². The maximum atomic E-state index is 10.8. The highest BCUT2D eigenvalue weighted by Gasteiger charge is 2.01. The summed E-state index contributed by atoms with van der Waals surface area (Å²) in [7, 11) is 0. The first-order valence-electron chi connectivity index (χ1n) is 5.20. The third kappa shape index (κ3) is 4.69. The van der Waals surface area contributed by atoms with Gasteiger partial charge in [0.05, 0.1) is 17.8 Å². The van der Waals surface area contributed by atoms with Gasteiger partial charge in [-0.2, -0.15) is 0 Å². The second-order valence-corrected chi connectivity index (χ2v) is 4.33. The van der Waals surface area contributed by atoms with E-state index in [2.05, 4.69) is 10.4 Å². The zero-order valence-corrected chi connectivity index (χ0v) is 10.2. The van der Waals surface area contributed by atoms with E-state index in [1.807, 2.05) is 12.4 Å². The van der Waals surface area contributed by atoms with Gasteiger partial charge in [-0.05, 0) is 13.3 Å². The smallest absolute Gasteiger partial charge is 0.233 e. The Morgan fingerprint density at radius 3 is 3.06 bits per heavy atom. The van der Waals surface area contributed by atoms with Crippen molar-refractivity contribution in [3.63, 3.8) is 0 Å². The Morgan fingerprint density at radius 1 is 1.62 bits per heavy atom. The van der Waals surface area contributed by atoms with Gasteiger partial charge in [-0.3, -0.25) is 10.2 Å². The van der Waals surface area contributed by atoms with Gasteiger partial charge in [0.2, 0.25) is 5.91 Å². The Labute approximate surface area is 99.0 Å². The van der Waals surface area contributed by atoms with Crippen LogP contribution in [0.3, 0.4) is 0 Å². The van der Waals surface area contributed by atoms with Crippen molar-refractivity contribution in [2.75, 3.05) is 13.2 Å². The number of hydrogen-bond donors (Lipinski definition) is 2. The molecule has 16 heavy (non-hydrogen) atoms. The molecule has 5 nitrogen and oxygen atoms in total. The molecule has 1 heterocycles. The number of ether oxygens (including phenoxy) is 1. The van der Waals surface area contributed by atoms with Crippen LogP contribution in [0.4, 0.5) is 0 Å². The van der Waals surface area contributed by atoms with E-state index in [-0.39, 0.29) is 5.91 Å². The normalized spacial score (nSPS) is 10.4. The molecule has 0 fully saturated rings. The summed E-state index contributed by atoms with van der Waals surface area (Å²) in [6.45, 7) is 3.26. The van der Waals surface area contributed by atoms with Gasteiger partial charge in [-0.25, -0.2) is 10.8 Å². The van der Waals surface area contributed by atoms with Crippen LogP contribution < -0.4 is 11.3 Å². The predicted octanol–water partition coefficient (Wildman–Crippen LogP) is 0.781. The summed E-state index contributed by atoms with van der Waals surface area (Å²) < 4.78 is 5.41. The minimum Gasteiger partial charge on any atom is -0.381 e. The zero-order valence-electron chi connectivity index (χ0n) is 9.36. The van der Waals surface area contributed by atoms with Crippen LogP contribution in [0.1, 0.15) is 23.4 Å². The Balaban J connectivity index is 2.00. The lowest BCUT2D eigenvalue weighted by atomic mass is 10.3. The number of hydrazine groups is 1. The lowest BCUT2D eigenvalue weighted by Crippen LogP contribution is -2.29. The third-order valence-corrected chi connectivity index (χ3v) is 3.17. The Bertz CT molecular complexity index is 328. The van der Waals surface area contributed by atoms with Crippen LogP contribution in [0, 0.1) is 6.92 Å². The van der Waals surface area contributed by atoms with Gasteiger partial charge >= 0.3 is 0 Å². The van der Waals surface area contributed by atoms with E-state index in [0.717, 1.165) is 12.1 Å². The number of aromatic nitrogens is 1. The number of carbonyl (C=O) groups is 1. The van der Waals surface area contributed by atoms with E-state index < -0.39 is 0 Å². The molecule has 1 amide bonds. The summed E-state index contributed by atoms with van der Waals surface area (Å²) in [5.41, 5.74) is 5.01. The van der Waals surface area contributed by atoms with Crippen molar-refractivity contribution >= 4 is 17.2 Å². The van der Waals surface area contributed by atoms with Gasteiger partial charge < -0.3 is 4.74 Å². The highest BCUT2D eigenvalue weighted by Crippen LogP contribution is 2.12. The molecule has 0 aliphatic carbocycles. The number of rotatable bonds is 7. The molecule has 1 aromatic heterocycles. The number of aryl methyl sites for hydroxylation is 1. The van der Waals surface area contributed by atoms with Gasteiger partial charge in [0.25, 0.3) is 0 Å². The van der Waals surface area contributed by atoms with Gasteiger partial charge in [-0.15, -0.1) is 11.3 Å². The van der Waals surface area contributed by atoms with Gasteiger partial charge in [-0.1, -0.05) is 0 Å². The van der Waals surface area contributed by atoms with Gasteiger partial charge in [0.1, 0.15) is 0 Å². The minimum atomic E-state index is -0.151. The van der Waals surface area contributed by atoms with Crippen LogP contribution in [0.25, 0.3) is 0 Å². The van der Waals surface area contributed by atoms with Gasteiger partial charge in [0.15, 0.2) is 0 Å². The lowest BCUT2D eigenvalue weighted by molar-refractivity contribution is -0.121. The number of carbonyl (C=O) groups excluding carboxylic acids is 1. The largest absolute Gasteiger partial charge is 0.381 e. The molecule has 1 rings (SSSR count). The molecule has 0 atom stereocenters. The molecule has 0 unspecified atom stereocenters. The standard InChI is InChI=1S/C10H17N3O2S/c1-8-9(16-7-12-8)4-6-15-5-2-3-10(14)13-11/h7H,2-6,11H2,1H3,(H,13,14). The maximum Gasteiger partial charge on any atom is 0.233 e. The SMILES string of the molecule is Cc1ncsc1CCOCCCC(=O)NN. The minimum absolute atomic E-state index is 0.151. The molecule has 3 N–H and O–H groups in total. The Hall–Kier alpha value is -0.980. The van der Waals surface area contributed by atoms with Gasteiger partial charge in [0, 0.05) is 24.3 Å². The monoisotopic (exact) mass is 243 g/mol. The summed E-state index contributed by atoms with van der Waals surface area (Å²) in [4.78, 5) is 16.2. The summed E-state index contributed by atoms with van der Waals surface area (Å²) in [6, 6.07) is 0. The van der Waals surface area contributed by atoms with Crippen molar-refractivity contribution < 1.29 is 9.53 Å². The third-order valence-electron chi connectivity index (χ3n) is 2.17. The molecule has 1 aromatic rings. The summed E-state index contributed by atoms with van der Waals surface area (Å²) in [6.07, 6.45) is 2.00. The first kappa shape index (κ1) is 13.1. The molecule has 0 aromatic carbocycles. The first-order valence-corrected chi connectivity index (χ1v) is 6.08. The maximum absolute atomic E-state index is 10.8. The molecular weight excluding hydrogens is 226 g/mol. The Kier molecular flexibility index (Phi) is 5.99. The van der Waals surface area contributed by atoms with E-state index in [1.165, 1.54) is 4.88 Å². The summed E-state index contributed by atoms with van der Waals surface area (Å²) in [5, 5.41) is 0. The van der Waals surface area contributed by atoms with Crippen LogP contribution in [0.2, 0.25) is 0 Å². The molecule has 0 saturated heterocycles. The lowest BCUT2D eigenvalue weighted by Gasteiger charge is -2.03. The van der Waals surface area contributed by atoms with Crippen molar-refractivity contribution in [2.45, 2.75) is 26.2 Å². The van der Waals surface area contributed by atoms with Crippen molar-refractivity contribution in [1.29, 1.82) is 0 Å². The van der Waals surface area contributed by atoms with E-state index in [1.54, 1.807) is 11.3 Å². The molecule has 0 spiro atoms. The second kappa shape index (κ2) is 7.32. The van der Waals surface area contributed by atoms with E-state index in [4.69, 9.17) is 10.6 Å². The van der Waals surface area contributed by atoms with Crippen molar-refractivity contribution in [2.24, 2.45) is 5.84 Å². The quantitative estimate of drug-likeness (QED) is 0.321. The molecule has 0 saturated carbocycles. The highest BCUT2D eigenvalue weighted by molar-refractivity contribution is 7.09. The number of nitrogens with two attached hydrogens (primary N) is 1. The van der Waals surface area contributed by atoms with Crippen molar-refractivity contribution in [3.8, 4) is 0 Å². The van der Waals surface area contributed by atoms with Crippen molar-refractivity contribution in [1.82, 2.24) is 10.4 Å². The van der Waals surface area contributed by atoms with Crippen LogP contribution in [-0.4, -0.2) is 24.1 Å². The van der Waals surface area contributed by atoms with E-state index in [0.29, 0.717) is 26.1 Å². The van der Waals surface area contributed by atoms with E-state index in [9.17, 15) is 4.79 Å². The summed E-state index contributed by atoms with van der Waals surface area (Å²) >= 11 is 1.65. The number of nitrogens with one attached hydrogen (secondary N) is 1. The van der Waals surface area contributed by atoms with Crippen LogP contribution >= 0.6 is 11.3 Å². The first-order chi connectivity index (χ1) is 7.74.